The number of nitrogens with zero attached hydrogens (tertiary/aromatic N) is 2. The molecule has 0 spiro atoms. The van der Waals surface area contributed by atoms with E-state index in [1.807, 2.05) is 18.2 Å². The number of rotatable bonds is 10. The molecule has 1 amide bonds. The van der Waals surface area contributed by atoms with Crippen LogP contribution in [-0.4, -0.2) is 28.6 Å². The first-order chi connectivity index (χ1) is 15.6. The predicted octanol–water partition coefficient (Wildman–Crippen LogP) is 5.08. The van der Waals surface area contributed by atoms with E-state index >= 15 is 0 Å². The second kappa shape index (κ2) is 10.2. The minimum atomic E-state index is -0.188. The van der Waals surface area contributed by atoms with Gasteiger partial charge < -0.3 is 19.0 Å². The normalized spacial score (nSPS) is 11.1. The molecule has 0 saturated heterocycles. The summed E-state index contributed by atoms with van der Waals surface area (Å²) in [5.74, 6) is 2.13. The number of nitrogens with one attached hydrogen (secondary N) is 1. The highest BCUT2D eigenvalue weighted by Crippen LogP contribution is 2.20. The molecule has 0 aliphatic carbocycles. The van der Waals surface area contributed by atoms with Gasteiger partial charge in [0.25, 0.3) is 5.91 Å². The van der Waals surface area contributed by atoms with Crippen LogP contribution >= 0.6 is 0 Å². The number of para-hydroxylation sites is 2. The fourth-order valence-electron chi connectivity index (χ4n) is 3.78. The molecule has 0 saturated carbocycles. The Hall–Kier alpha value is -3.54. The number of furan rings is 1. The van der Waals surface area contributed by atoms with E-state index in [1.165, 1.54) is 11.8 Å². The Morgan fingerprint density at radius 1 is 1.09 bits per heavy atom. The molecule has 4 rings (SSSR count). The molecule has 2 aromatic heterocycles. The molecule has 6 nitrogen and oxygen atoms in total. The highest BCUT2D eigenvalue weighted by atomic mass is 16.5. The van der Waals surface area contributed by atoms with Crippen molar-refractivity contribution < 1.29 is 13.9 Å². The number of ether oxygens (including phenoxy) is 1. The molecule has 2 aromatic carbocycles. The Bertz CT molecular complexity index is 1180. The standard InChI is InChI=1S/C26H29N3O3/c1-19-12-13-20(2)24(18-19)32-17-7-15-29-22-9-4-3-8-21(22)28-25(29)11-5-14-27-26(30)23-10-6-16-31-23/h3-4,6,8-10,12-13,16,18H,5,7,11,14-15,17H2,1-2H3,(H,27,30). The summed E-state index contributed by atoms with van der Waals surface area (Å²) in [5.41, 5.74) is 4.49. The van der Waals surface area contributed by atoms with Gasteiger partial charge in [-0.25, -0.2) is 4.98 Å². The number of amides is 1. The lowest BCUT2D eigenvalue weighted by Crippen LogP contribution is -2.24. The molecule has 0 aliphatic rings. The van der Waals surface area contributed by atoms with Crippen LogP contribution in [0.4, 0.5) is 0 Å². The number of hydrogen-bond acceptors (Lipinski definition) is 4. The highest BCUT2D eigenvalue weighted by molar-refractivity contribution is 5.91. The molecule has 0 fully saturated rings. The molecular formula is C26H29N3O3. The van der Waals surface area contributed by atoms with Gasteiger partial charge in [-0.3, -0.25) is 4.79 Å². The van der Waals surface area contributed by atoms with Crippen LogP contribution in [0.3, 0.4) is 0 Å². The van der Waals surface area contributed by atoms with Crippen molar-refractivity contribution >= 4 is 16.9 Å². The third-order valence-electron chi connectivity index (χ3n) is 5.47. The number of carbonyl (C=O) groups excluding carboxylic acids is 1. The van der Waals surface area contributed by atoms with Gasteiger partial charge >= 0.3 is 0 Å². The van der Waals surface area contributed by atoms with Crippen molar-refractivity contribution in [3.05, 3.63) is 83.6 Å². The lowest BCUT2D eigenvalue weighted by Gasteiger charge is -2.12. The molecule has 0 bridgehead atoms. The van der Waals surface area contributed by atoms with Crippen LogP contribution in [0.1, 0.15) is 40.3 Å². The smallest absolute Gasteiger partial charge is 0.286 e. The minimum Gasteiger partial charge on any atom is -0.493 e. The molecular weight excluding hydrogens is 402 g/mol. The fraction of sp³-hybridized carbons (Fsp3) is 0.308. The van der Waals surface area contributed by atoms with Crippen molar-refractivity contribution in [2.45, 2.75) is 39.7 Å². The largest absolute Gasteiger partial charge is 0.493 e. The Morgan fingerprint density at radius 3 is 2.81 bits per heavy atom. The maximum Gasteiger partial charge on any atom is 0.286 e. The van der Waals surface area contributed by atoms with E-state index in [1.54, 1.807) is 12.1 Å². The fourth-order valence-corrected chi connectivity index (χ4v) is 3.78. The first-order valence-electron chi connectivity index (χ1n) is 11.1. The monoisotopic (exact) mass is 431 g/mol. The number of hydrogen-bond donors (Lipinski definition) is 1. The summed E-state index contributed by atoms with van der Waals surface area (Å²) < 4.78 is 13.4. The third-order valence-corrected chi connectivity index (χ3v) is 5.47. The van der Waals surface area contributed by atoms with Gasteiger partial charge in [-0.1, -0.05) is 24.3 Å². The number of aromatic nitrogens is 2. The number of imidazole rings is 1. The van der Waals surface area contributed by atoms with Crippen LogP contribution in [0.15, 0.2) is 65.3 Å². The molecule has 0 unspecified atom stereocenters. The summed E-state index contributed by atoms with van der Waals surface area (Å²) in [6, 6.07) is 17.9. The third kappa shape index (κ3) is 5.19. The van der Waals surface area contributed by atoms with Crippen LogP contribution in [0.5, 0.6) is 5.75 Å². The van der Waals surface area contributed by atoms with Gasteiger partial charge in [-0.05, 0) is 68.1 Å². The molecule has 1 N–H and O–H groups in total. The van der Waals surface area contributed by atoms with Crippen molar-refractivity contribution in [2.24, 2.45) is 0 Å². The first kappa shape index (κ1) is 21.7. The van der Waals surface area contributed by atoms with E-state index < -0.39 is 0 Å². The van der Waals surface area contributed by atoms with Crippen LogP contribution in [-0.2, 0) is 13.0 Å². The maximum atomic E-state index is 12.0. The number of carbonyl (C=O) groups is 1. The van der Waals surface area contributed by atoms with E-state index in [0.29, 0.717) is 18.9 Å². The van der Waals surface area contributed by atoms with Gasteiger partial charge in [0.15, 0.2) is 5.76 Å². The minimum absolute atomic E-state index is 0.188. The summed E-state index contributed by atoms with van der Waals surface area (Å²) in [7, 11) is 0. The van der Waals surface area contributed by atoms with Gasteiger partial charge in [0.05, 0.1) is 23.9 Å². The van der Waals surface area contributed by atoms with Crippen LogP contribution in [0.25, 0.3) is 11.0 Å². The zero-order valence-electron chi connectivity index (χ0n) is 18.6. The second-order valence-electron chi connectivity index (χ2n) is 7.98. The van der Waals surface area contributed by atoms with Crippen molar-refractivity contribution in [3.8, 4) is 5.75 Å². The maximum absolute atomic E-state index is 12.0. The Balaban J connectivity index is 1.34. The Morgan fingerprint density at radius 2 is 1.97 bits per heavy atom. The molecule has 6 heteroatoms. The molecule has 32 heavy (non-hydrogen) atoms. The second-order valence-corrected chi connectivity index (χ2v) is 7.98. The zero-order valence-corrected chi connectivity index (χ0v) is 18.6. The lowest BCUT2D eigenvalue weighted by atomic mass is 10.1. The van der Waals surface area contributed by atoms with E-state index in [4.69, 9.17) is 14.1 Å². The summed E-state index contributed by atoms with van der Waals surface area (Å²) in [5, 5.41) is 2.90. The molecule has 4 aromatic rings. The van der Waals surface area contributed by atoms with Gasteiger partial charge in [-0.15, -0.1) is 0 Å². The molecule has 2 heterocycles. The number of fused-ring (bicyclic) bond motifs is 1. The molecule has 0 aliphatic heterocycles. The van der Waals surface area contributed by atoms with Gasteiger partial charge in [0.2, 0.25) is 0 Å². The van der Waals surface area contributed by atoms with E-state index in [0.717, 1.165) is 54.0 Å². The summed E-state index contributed by atoms with van der Waals surface area (Å²) in [6.45, 7) is 6.20. The van der Waals surface area contributed by atoms with Crippen LogP contribution in [0, 0.1) is 13.8 Å². The first-order valence-corrected chi connectivity index (χ1v) is 11.1. The van der Waals surface area contributed by atoms with Crippen molar-refractivity contribution in [3.63, 3.8) is 0 Å². The van der Waals surface area contributed by atoms with E-state index in [9.17, 15) is 4.79 Å². The van der Waals surface area contributed by atoms with E-state index in [-0.39, 0.29) is 5.91 Å². The van der Waals surface area contributed by atoms with Crippen molar-refractivity contribution in [1.29, 1.82) is 0 Å². The zero-order chi connectivity index (χ0) is 22.3. The topological polar surface area (TPSA) is 69.3 Å². The average Bonchev–Trinajstić information content (AvgIpc) is 3.45. The summed E-state index contributed by atoms with van der Waals surface area (Å²) in [4.78, 5) is 16.9. The highest BCUT2D eigenvalue weighted by Gasteiger charge is 2.12. The van der Waals surface area contributed by atoms with Gasteiger partial charge in [-0.2, -0.15) is 0 Å². The Kier molecular flexibility index (Phi) is 6.90. The summed E-state index contributed by atoms with van der Waals surface area (Å²) >= 11 is 0. The number of benzene rings is 2. The Labute approximate surface area is 188 Å². The SMILES string of the molecule is Cc1ccc(C)c(OCCCn2c(CCCNC(=O)c3ccco3)nc3ccccc32)c1. The van der Waals surface area contributed by atoms with Crippen LogP contribution in [0.2, 0.25) is 0 Å². The predicted molar refractivity (Wildman–Crippen MR) is 125 cm³/mol. The average molecular weight is 432 g/mol. The quantitative estimate of drug-likeness (QED) is 0.356. The van der Waals surface area contributed by atoms with Crippen molar-refractivity contribution in [2.75, 3.05) is 13.2 Å². The van der Waals surface area contributed by atoms with Crippen molar-refractivity contribution in [1.82, 2.24) is 14.9 Å². The summed E-state index contributed by atoms with van der Waals surface area (Å²) in [6.07, 6.45) is 3.97. The molecule has 0 atom stereocenters. The van der Waals surface area contributed by atoms with Gasteiger partial charge in [0.1, 0.15) is 11.6 Å². The molecule has 166 valence electrons. The van der Waals surface area contributed by atoms with E-state index in [2.05, 4.69) is 48.0 Å². The number of aryl methyl sites for hydroxylation is 4. The lowest BCUT2D eigenvalue weighted by molar-refractivity contribution is 0.0925. The molecule has 0 radical (unpaired) electrons. The van der Waals surface area contributed by atoms with Gasteiger partial charge in [0, 0.05) is 19.5 Å². The van der Waals surface area contributed by atoms with Crippen LogP contribution < -0.4 is 10.1 Å².